The second-order valence-electron chi connectivity index (χ2n) is 12.1. The number of aromatic nitrogens is 4. The number of hydrogen-bond donors (Lipinski definition) is 3. The van der Waals surface area contributed by atoms with Gasteiger partial charge in [0.2, 0.25) is 17.9 Å². The van der Waals surface area contributed by atoms with Crippen LogP contribution in [0.5, 0.6) is 5.88 Å². The number of allylic oxidation sites excluding steroid dienone is 2. The molecular formula is C31H36F3N7O3. The van der Waals surface area contributed by atoms with Gasteiger partial charge >= 0.3 is 12.1 Å². The summed E-state index contributed by atoms with van der Waals surface area (Å²) in [5.74, 6) is -0.980. The maximum absolute atomic E-state index is 14.8. The smallest absolute Gasteiger partial charge is 0.429 e. The zero-order chi connectivity index (χ0) is 31.1. The zero-order valence-electron chi connectivity index (χ0n) is 24.5. The summed E-state index contributed by atoms with van der Waals surface area (Å²) in [7, 11) is 0. The number of alkyl halides is 3. The van der Waals surface area contributed by atoms with Gasteiger partial charge in [0.1, 0.15) is 11.9 Å². The normalized spacial score (nSPS) is 20.9. The molecule has 1 aromatic carbocycles. The fourth-order valence-electron chi connectivity index (χ4n) is 6.58. The van der Waals surface area contributed by atoms with Crippen molar-refractivity contribution in [3.05, 3.63) is 59.4 Å². The van der Waals surface area contributed by atoms with Gasteiger partial charge in [0, 0.05) is 37.5 Å². The molecule has 2 saturated heterocycles. The molecule has 13 heteroatoms. The van der Waals surface area contributed by atoms with E-state index in [2.05, 4.69) is 26.5 Å². The number of nitrogens with one attached hydrogen (secondary N) is 1. The molecule has 10 nitrogen and oxygen atoms in total. The van der Waals surface area contributed by atoms with Gasteiger partial charge in [0.25, 0.3) is 0 Å². The summed E-state index contributed by atoms with van der Waals surface area (Å²) in [5.41, 5.74) is 8.66. The van der Waals surface area contributed by atoms with Crippen molar-refractivity contribution in [2.24, 2.45) is 5.41 Å². The van der Waals surface area contributed by atoms with E-state index >= 15 is 0 Å². The number of carbonyl (C=O) groups is 1. The largest absolute Gasteiger partial charge is 0.480 e. The number of aliphatic carboxylic acids is 1. The minimum Gasteiger partial charge on any atom is -0.480 e. The number of halogens is 3. The van der Waals surface area contributed by atoms with Crippen LogP contribution in [0.3, 0.4) is 0 Å². The van der Waals surface area contributed by atoms with Crippen molar-refractivity contribution in [3.8, 4) is 11.6 Å². The van der Waals surface area contributed by atoms with Crippen LogP contribution in [0.25, 0.3) is 11.3 Å². The van der Waals surface area contributed by atoms with Gasteiger partial charge in [-0.05, 0) is 80.6 Å². The highest BCUT2D eigenvalue weighted by molar-refractivity contribution is 5.74. The molecule has 6 rings (SSSR count). The minimum atomic E-state index is -4.78. The Morgan fingerprint density at radius 3 is 2.61 bits per heavy atom. The summed E-state index contributed by atoms with van der Waals surface area (Å²) in [5, 5.41) is 16.9. The van der Waals surface area contributed by atoms with Gasteiger partial charge < -0.3 is 25.8 Å². The minimum absolute atomic E-state index is 0.0962. The Bertz CT molecular complexity index is 1560. The quantitative estimate of drug-likeness (QED) is 0.329. The Labute approximate surface area is 253 Å². The molecule has 0 radical (unpaired) electrons. The van der Waals surface area contributed by atoms with Crippen LogP contribution in [0.1, 0.15) is 67.9 Å². The first kappa shape index (κ1) is 29.9. The highest BCUT2D eigenvalue weighted by Crippen LogP contribution is 2.43. The molecule has 1 aliphatic carbocycles. The Kier molecular flexibility index (Phi) is 7.99. The summed E-state index contributed by atoms with van der Waals surface area (Å²) in [4.78, 5) is 21.7. The molecule has 2 atom stereocenters. The van der Waals surface area contributed by atoms with Crippen molar-refractivity contribution >= 4 is 23.3 Å². The molecule has 2 aliphatic heterocycles. The molecule has 1 spiro atoms. The monoisotopic (exact) mass is 611 g/mol. The van der Waals surface area contributed by atoms with Gasteiger partial charge in [-0.2, -0.15) is 28.2 Å². The Hall–Kier alpha value is -4.13. The van der Waals surface area contributed by atoms with Crippen LogP contribution in [0.2, 0.25) is 0 Å². The van der Waals surface area contributed by atoms with E-state index in [1.165, 1.54) is 16.8 Å². The van der Waals surface area contributed by atoms with Crippen molar-refractivity contribution in [2.45, 2.75) is 70.2 Å². The van der Waals surface area contributed by atoms with Crippen LogP contribution in [0.4, 0.5) is 24.9 Å². The van der Waals surface area contributed by atoms with Crippen molar-refractivity contribution in [3.63, 3.8) is 0 Å². The van der Waals surface area contributed by atoms with E-state index in [4.69, 9.17) is 10.5 Å². The zero-order valence-corrected chi connectivity index (χ0v) is 24.5. The maximum atomic E-state index is 14.8. The average molecular weight is 612 g/mol. The first-order chi connectivity index (χ1) is 21.0. The van der Waals surface area contributed by atoms with Crippen LogP contribution in [0.15, 0.2) is 42.6 Å². The third-order valence-electron chi connectivity index (χ3n) is 8.99. The van der Waals surface area contributed by atoms with Crippen LogP contribution in [-0.2, 0) is 4.79 Å². The fraction of sp³-hybridized carbons (Fsp3) is 0.484. The summed E-state index contributed by atoms with van der Waals surface area (Å²) in [6.45, 7) is 3.49. The van der Waals surface area contributed by atoms with Crippen LogP contribution >= 0.6 is 0 Å². The number of piperidine rings is 1. The molecule has 2 aromatic heterocycles. The standard InChI is InChI=1S/C31H36F3N7O3/c1-19-9-12-41(39-19)24-15-21(20-5-3-2-4-6-20)7-8-22(24)27(31(32,33)34)44-26-16-25(37-29(35)38-26)40-13-10-30(11-14-40)17-23(28(42)43)36-18-30/h5,7-9,12,15-16,23,27,36H,2-4,6,10-11,13-14,17-18H2,1H3,(H,42,43)(H2,35,37,38)/t23-,27?/m0/s1. The summed E-state index contributed by atoms with van der Waals surface area (Å²) in [6, 6.07) is 7.48. The average Bonchev–Trinajstić information content (AvgIpc) is 3.62. The second-order valence-corrected chi connectivity index (χ2v) is 12.1. The first-order valence-electron chi connectivity index (χ1n) is 14.9. The number of hydrogen-bond acceptors (Lipinski definition) is 8. The van der Waals surface area contributed by atoms with Crippen molar-refractivity contribution < 1.29 is 27.8 Å². The van der Waals surface area contributed by atoms with E-state index in [0.717, 1.165) is 36.8 Å². The lowest BCUT2D eigenvalue weighted by molar-refractivity contribution is -0.198. The van der Waals surface area contributed by atoms with E-state index in [1.54, 1.807) is 31.3 Å². The van der Waals surface area contributed by atoms with Gasteiger partial charge in [-0.3, -0.25) is 4.79 Å². The highest BCUT2D eigenvalue weighted by Gasteiger charge is 2.46. The molecule has 0 amide bonds. The first-order valence-corrected chi connectivity index (χ1v) is 14.9. The molecule has 4 N–H and O–H groups in total. The molecule has 44 heavy (non-hydrogen) atoms. The summed E-state index contributed by atoms with van der Waals surface area (Å²) >= 11 is 0. The number of aryl methyl sites for hydroxylation is 1. The topological polar surface area (TPSA) is 131 Å². The number of nitrogens with zero attached hydrogens (tertiary/aromatic N) is 5. The molecule has 3 aliphatic rings. The highest BCUT2D eigenvalue weighted by atomic mass is 19.4. The maximum Gasteiger partial charge on any atom is 0.429 e. The molecule has 4 heterocycles. The molecule has 234 valence electrons. The molecule has 2 fully saturated rings. The molecule has 0 saturated carbocycles. The van der Waals surface area contributed by atoms with E-state index in [9.17, 15) is 23.1 Å². The number of nitrogens with two attached hydrogens (primary N) is 1. The van der Waals surface area contributed by atoms with Crippen LogP contribution in [-0.4, -0.2) is 62.7 Å². The number of carboxylic acid groups (broad SMARTS) is 1. The number of anilines is 2. The molecule has 1 unspecified atom stereocenters. The number of ether oxygens (including phenoxy) is 1. The van der Waals surface area contributed by atoms with Gasteiger partial charge in [0.15, 0.2) is 0 Å². The Balaban J connectivity index is 1.29. The number of carboxylic acids is 1. The lowest BCUT2D eigenvalue weighted by Gasteiger charge is -2.39. The van der Waals surface area contributed by atoms with E-state index in [0.29, 0.717) is 50.4 Å². The Morgan fingerprint density at radius 2 is 1.98 bits per heavy atom. The SMILES string of the molecule is Cc1ccn(-c2cc(C3=CCCCC3)ccc2C(Oc2cc(N3CCC4(CC3)CN[C@H](C(=O)O)C4)nc(N)n2)C(F)(F)F)n1. The number of benzene rings is 1. The fourth-order valence-corrected chi connectivity index (χ4v) is 6.58. The van der Waals surface area contributed by atoms with Gasteiger partial charge in [-0.25, -0.2) is 4.68 Å². The predicted octanol–water partition coefficient (Wildman–Crippen LogP) is 5.23. The predicted molar refractivity (Wildman–Crippen MR) is 159 cm³/mol. The van der Waals surface area contributed by atoms with Gasteiger partial charge in [-0.15, -0.1) is 0 Å². The van der Waals surface area contributed by atoms with Gasteiger partial charge in [-0.1, -0.05) is 18.2 Å². The lowest BCUT2D eigenvalue weighted by atomic mass is 9.76. The Morgan fingerprint density at radius 1 is 1.18 bits per heavy atom. The summed E-state index contributed by atoms with van der Waals surface area (Å²) < 4.78 is 51.4. The van der Waals surface area contributed by atoms with Crippen LogP contribution < -0.4 is 20.7 Å². The van der Waals surface area contributed by atoms with E-state index < -0.39 is 24.3 Å². The third kappa shape index (κ3) is 6.23. The van der Waals surface area contributed by atoms with E-state index in [1.807, 2.05) is 4.90 Å². The number of nitrogen functional groups attached to an aromatic ring is 1. The van der Waals surface area contributed by atoms with Crippen LogP contribution in [0, 0.1) is 12.3 Å². The van der Waals surface area contributed by atoms with Gasteiger partial charge in [0.05, 0.1) is 11.4 Å². The molecule has 0 bridgehead atoms. The van der Waals surface area contributed by atoms with E-state index in [-0.39, 0.29) is 28.5 Å². The number of rotatable bonds is 7. The third-order valence-corrected chi connectivity index (χ3v) is 8.99. The molecular weight excluding hydrogens is 575 g/mol. The summed E-state index contributed by atoms with van der Waals surface area (Å²) in [6.07, 6.45) is 2.57. The molecule has 3 aromatic rings. The second kappa shape index (κ2) is 11.8. The van der Waals surface area contributed by atoms with Crippen molar-refractivity contribution in [1.29, 1.82) is 0 Å². The lowest BCUT2D eigenvalue weighted by Crippen LogP contribution is -2.41. The van der Waals surface area contributed by atoms with Crippen molar-refractivity contribution in [2.75, 3.05) is 30.3 Å². The van der Waals surface area contributed by atoms with Crippen molar-refractivity contribution in [1.82, 2.24) is 25.1 Å².